The van der Waals surface area contributed by atoms with E-state index in [1.54, 1.807) is 0 Å². The quantitative estimate of drug-likeness (QED) is 0.0199. The third-order valence-electron chi connectivity index (χ3n) is 20.0. The molecule has 12 N–H and O–H groups in total. The van der Waals surface area contributed by atoms with E-state index >= 15 is 0 Å². The number of ether oxygens (including phenoxy) is 6. The zero-order valence-electron chi connectivity index (χ0n) is 60.8. The Kier molecular flexibility index (Phi) is 54.6. The van der Waals surface area contributed by atoms with Crippen LogP contribution in [0.2, 0.25) is 0 Å². The van der Waals surface area contributed by atoms with Crippen molar-refractivity contribution in [3.8, 4) is 0 Å². The van der Waals surface area contributed by atoms with Crippen LogP contribution in [0, 0.1) is 0 Å². The van der Waals surface area contributed by atoms with Crippen LogP contribution >= 0.6 is 0 Å². The van der Waals surface area contributed by atoms with E-state index in [4.69, 9.17) is 28.4 Å². The van der Waals surface area contributed by atoms with Crippen LogP contribution in [-0.4, -0.2) is 193 Å². The summed E-state index contributed by atoms with van der Waals surface area (Å²) in [6, 6.07) is -0.884. The number of hydrogen-bond acceptors (Lipinski definition) is 18. The summed E-state index contributed by atoms with van der Waals surface area (Å²) in [5, 5.41) is 121. The second kappa shape index (κ2) is 59.4. The van der Waals surface area contributed by atoms with Crippen molar-refractivity contribution in [3.63, 3.8) is 0 Å². The lowest BCUT2D eigenvalue weighted by atomic mass is 9.96. The predicted molar refractivity (Wildman–Crippen MR) is 383 cm³/mol. The maximum atomic E-state index is 13.4. The number of unbranched alkanes of at least 4 members (excludes halogenated alkanes) is 41. The van der Waals surface area contributed by atoms with E-state index in [9.17, 15) is 61.0 Å². The summed E-state index contributed by atoms with van der Waals surface area (Å²) in [6.07, 6.45) is 45.5. The topological polar surface area (TPSA) is 307 Å². The first-order valence-electron chi connectivity index (χ1n) is 39.7. The number of allylic oxidation sites excluding steroid dienone is 6. The molecule has 0 aromatic heterocycles. The fraction of sp³-hybridized carbons (Fsp3) is 0.910. The Labute approximate surface area is 587 Å². The molecule has 19 heteroatoms. The fourth-order valence-corrected chi connectivity index (χ4v) is 13.6. The number of aliphatic hydroxyl groups excluding tert-OH is 11. The minimum Gasteiger partial charge on any atom is -0.394 e. The van der Waals surface area contributed by atoms with Crippen LogP contribution in [0.5, 0.6) is 0 Å². The molecule has 3 saturated heterocycles. The van der Waals surface area contributed by atoms with Crippen molar-refractivity contribution in [3.05, 3.63) is 36.5 Å². The highest BCUT2D eigenvalue weighted by molar-refractivity contribution is 5.76. The van der Waals surface area contributed by atoms with Gasteiger partial charge in [0.2, 0.25) is 5.91 Å². The SMILES string of the molecule is CCCCCCC/C=C\C/C=C\C/C=C\CCCCCCCCCCCCCCCCCCCCCCCCCCC(=O)NC(COC1OC(CO)C(OC2OC(CO)C(OC3OC(CO)C(O)C(O)C3O)C(O)C2O)C(O)C1O)C(O)CCCCCCCCCCCCCCC. The van der Waals surface area contributed by atoms with Gasteiger partial charge in [0.1, 0.15) is 73.2 Å². The molecule has 0 aromatic rings. The molecule has 19 nitrogen and oxygen atoms in total. The van der Waals surface area contributed by atoms with Crippen molar-refractivity contribution < 1.29 is 89.4 Å². The second-order valence-electron chi connectivity index (χ2n) is 28.5. The van der Waals surface area contributed by atoms with Crippen molar-refractivity contribution in [1.29, 1.82) is 0 Å². The molecular weight excluding hydrogens is 1240 g/mol. The lowest BCUT2D eigenvalue weighted by Gasteiger charge is -2.48. The van der Waals surface area contributed by atoms with Crippen LogP contribution in [0.25, 0.3) is 0 Å². The van der Waals surface area contributed by atoms with Crippen LogP contribution < -0.4 is 5.32 Å². The first-order valence-corrected chi connectivity index (χ1v) is 39.7. The van der Waals surface area contributed by atoms with Gasteiger partial charge < -0.3 is 89.9 Å². The van der Waals surface area contributed by atoms with Gasteiger partial charge in [-0.05, 0) is 51.4 Å². The van der Waals surface area contributed by atoms with Crippen molar-refractivity contribution in [2.24, 2.45) is 0 Å². The molecule has 570 valence electrons. The molecule has 1 amide bonds. The minimum absolute atomic E-state index is 0.238. The Hall–Kier alpha value is -1.99. The molecule has 17 atom stereocenters. The highest BCUT2D eigenvalue weighted by Crippen LogP contribution is 2.33. The average molecular weight is 1390 g/mol. The van der Waals surface area contributed by atoms with Gasteiger partial charge >= 0.3 is 0 Å². The normalized spacial score (nSPS) is 27.0. The maximum Gasteiger partial charge on any atom is 0.220 e. The monoisotopic (exact) mass is 1380 g/mol. The summed E-state index contributed by atoms with van der Waals surface area (Å²) in [5.41, 5.74) is 0. The third kappa shape index (κ3) is 40.0. The molecule has 3 aliphatic heterocycles. The highest BCUT2D eigenvalue weighted by Gasteiger charge is 2.54. The summed E-state index contributed by atoms with van der Waals surface area (Å²) in [6.45, 7) is 1.81. The lowest BCUT2D eigenvalue weighted by Crippen LogP contribution is -2.66. The Morgan fingerprint density at radius 2 is 0.680 bits per heavy atom. The average Bonchev–Trinajstić information content (AvgIpc) is 0.809. The molecule has 3 aliphatic rings. The Morgan fingerprint density at radius 1 is 0.371 bits per heavy atom. The van der Waals surface area contributed by atoms with E-state index in [1.165, 1.54) is 231 Å². The van der Waals surface area contributed by atoms with Gasteiger partial charge in [0, 0.05) is 6.42 Å². The van der Waals surface area contributed by atoms with E-state index in [2.05, 4.69) is 55.6 Å². The summed E-state index contributed by atoms with van der Waals surface area (Å²) >= 11 is 0. The minimum atomic E-state index is -1.97. The third-order valence-corrected chi connectivity index (χ3v) is 20.0. The molecule has 0 bridgehead atoms. The smallest absolute Gasteiger partial charge is 0.220 e. The number of amides is 1. The van der Waals surface area contributed by atoms with E-state index in [0.717, 1.165) is 57.8 Å². The van der Waals surface area contributed by atoms with Crippen molar-refractivity contribution in [1.82, 2.24) is 5.32 Å². The van der Waals surface area contributed by atoms with Crippen LogP contribution in [0.1, 0.15) is 322 Å². The fourth-order valence-electron chi connectivity index (χ4n) is 13.6. The van der Waals surface area contributed by atoms with Gasteiger partial charge in [-0.3, -0.25) is 4.79 Å². The molecule has 3 fully saturated rings. The standard InChI is InChI=1S/C78H145NO18/c1-3-5-7-9-11-13-15-17-18-19-20-21-22-23-24-25-26-27-28-29-30-31-32-33-34-35-36-37-38-39-40-41-42-44-46-48-50-52-54-56-66(84)79-61(62(83)55-53-51-49-47-45-43-16-14-12-10-8-6-4-2)60-92-76-72(90)69(87)74(64(58-81)94-76)97-78-73(91)70(88)75(65(59-82)95-78)96-77-71(89)68(86)67(85)63(57-80)93-77/h15,17,19-20,22-23,61-65,67-78,80-83,85-91H,3-14,16,18,21,24-60H2,1-2H3,(H,79,84)/b17-15-,20-19-,23-22-. The molecular formula is C78H145NO18. The van der Waals surface area contributed by atoms with Gasteiger partial charge in [-0.15, -0.1) is 0 Å². The van der Waals surface area contributed by atoms with Crippen LogP contribution in [0.4, 0.5) is 0 Å². The van der Waals surface area contributed by atoms with Crippen LogP contribution in [0.15, 0.2) is 36.5 Å². The number of hydrogen-bond donors (Lipinski definition) is 12. The van der Waals surface area contributed by atoms with Gasteiger partial charge in [-0.2, -0.15) is 0 Å². The number of nitrogens with one attached hydrogen (secondary N) is 1. The molecule has 0 aromatic carbocycles. The van der Waals surface area contributed by atoms with Crippen LogP contribution in [-0.2, 0) is 33.2 Å². The Morgan fingerprint density at radius 3 is 1.06 bits per heavy atom. The molecule has 3 rings (SSSR count). The molecule has 3 heterocycles. The first-order chi connectivity index (χ1) is 47.3. The maximum absolute atomic E-state index is 13.4. The Bertz CT molecular complexity index is 1900. The van der Waals surface area contributed by atoms with E-state index in [1.807, 2.05) is 0 Å². The molecule has 0 radical (unpaired) electrons. The van der Waals surface area contributed by atoms with E-state index < -0.39 is 124 Å². The predicted octanol–water partition coefficient (Wildman–Crippen LogP) is 12.7. The number of rotatable bonds is 63. The van der Waals surface area contributed by atoms with Crippen molar-refractivity contribution in [2.45, 2.75) is 426 Å². The molecule has 0 saturated carbocycles. The molecule has 0 aliphatic carbocycles. The lowest BCUT2D eigenvalue weighted by molar-refractivity contribution is -0.379. The first kappa shape index (κ1) is 89.2. The Balaban J connectivity index is 1.28. The van der Waals surface area contributed by atoms with Crippen molar-refractivity contribution >= 4 is 5.91 Å². The summed E-state index contributed by atoms with van der Waals surface area (Å²) in [4.78, 5) is 13.4. The summed E-state index contributed by atoms with van der Waals surface area (Å²) < 4.78 is 34.4. The highest BCUT2D eigenvalue weighted by atomic mass is 16.8. The number of aliphatic hydroxyl groups is 11. The largest absolute Gasteiger partial charge is 0.394 e. The van der Waals surface area contributed by atoms with E-state index in [-0.39, 0.29) is 18.9 Å². The number of carbonyl (C=O) groups excluding carboxylic acids is 1. The zero-order chi connectivity index (χ0) is 70.4. The van der Waals surface area contributed by atoms with E-state index in [0.29, 0.717) is 12.8 Å². The van der Waals surface area contributed by atoms with Gasteiger partial charge in [-0.25, -0.2) is 0 Å². The van der Waals surface area contributed by atoms with Crippen molar-refractivity contribution in [2.75, 3.05) is 26.4 Å². The van der Waals surface area contributed by atoms with Gasteiger partial charge in [-0.1, -0.05) is 301 Å². The van der Waals surface area contributed by atoms with Crippen LogP contribution in [0.3, 0.4) is 0 Å². The van der Waals surface area contributed by atoms with Gasteiger partial charge in [0.05, 0.1) is 38.6 Å². The zero-order valence-corrected chi connectivity index (χ0v) is 60.8. The van der Waals surface area contributed by atoms with Gasteiger partial charge in [0.15, 0.2) is 18.9 Å². The summed E-state index contributed by atoms with van der Waals surface area (Å²) in [5.74, 6) is -0.238. The second-order valence-corrected chi connectivity index (χ2v) is 28.5. The summed E-state index contributed by atoms with van der Waals surface area (Å²) in [7, 11) is 0. The molecule has 17 unspecified atom stereocenters. The van der Waals surface area contributed by atoms with Gasteiger partial charge in [0.25, 0.3) is 0 Å². The molecule has 0 spiro atoms. The number of carbonyl (C=O) groups is 1. The molecule has 97 heavy (non-hydrogen) atoms.